The monoisotopic (exact) mass is 570 g/mol. The Hall–Kier alpha value is -2.78. The van der Waals surface area contributed by atoms with Gasteiger partial charge in [0.15, 0.2) is 9.84 Å². The van der Waals surface area contributed by atoms with Crippen molar-refractivity contribution in [1.29, 1.82) is 0 Å². The minimum absolute atomic E-state index is 0.00581. The Balaban J connectivity index is 1.53. The van der Waals surface area contributed by atoms with Crippen LogP contribution in [0.25, 0.3) is 0 Å². The number of nitrogens with zero attached hydrogens (tertiary/aromatic N) is 2. The van der Waals surface area contributed by atoms with Gasteiger partial charge in [-0.3, -0.25) is 9.69 Å². The van der Waals surface area contributed by atoms with E-state index in [-0.39, 0.29) is 23.0 Å². The number of anilines is 3. The molecule has 2 aliphatic rings. The SMILES string of the molecule is CCCCCCCCN1CCC(Nc2cccc3c2N(C(C)=O)CC3)CC1Nc1cc(S(C)(=O)=O)ccc1OC. The van der Waals surface area contributed by atoms with Gasteiger partial charge in [-0.1, -0.05) is 51.2 Å². The molecule has 2 aliphatic heterocycles. The number of hydrogen-bond donors (Lipinski definition) is 2. The molecule has 2 heterocycles. The van der Waals surface area contributed by atoms with Crippen molar-refractivity contribution in [3.8, 4) is 5.75 Å². The van der Waals surface area contributed by atoms with Crippen molar-refractivity contribution in [2.45, 2.75) is 88.7 Å². The van der Waals surface area contributed by atoms with Crippen LogP contribution in [0.5, 0.6) is 5.75 Å². The third kappa shape index (κ3) is 7.49. The first-order chi connectivity index (χ1) is 19.2. The Kier molecular flexibility index (Phi) is 10.4. The predicted molar refractivity (Wildman–Crippen MR) is 163 cm³/mol. The fraction of sp³-hybridized carbons (Fsp3) is 0.581. The van der Waals surface area contributed by atoms with E-state index in [4.69, 9.17) is 4.74 Å². The van der Waals surface area contributed by atoms with Crippen LogP contribution in [-0.2, 0) is 21.1 Å². The van der Waals surface area contributed by atoms with E-state index in [1.54, 1.807) is 32.2 Å². The van der Waals surface area contributed by atoms with Gasteiger partial charge >= 0.3 is 0 Å². The number of fused-ring (bicyclic) bond motifs is 1. The third-order valence-corrected chi connectivity index (χ3v) is 9.28. The van der Waals surface area contributed by atoms with Crippen LogP contribution in [0, 0.1) is 0 Å². The van der Waals surface area contributed by atoms with Crippen molar-refractivity contribution in [3.63, 3.8) is 0 Å². The molecule has 0 saturated carbocycles. The highest BCUT2D eigenvalue weighted by molar-refractivity contribution is 7.90. The Morgan fingerprint density at radius 2 is 1.80 bits per heavy atom. The number of carbonyl (C=O) groups is 1. The first-order valence-electron chi connectivity index (χ1n) is 14.8. The molecule has 0 aliphatic carbocycles. The average molecular weight is 571 g/mol. The molecule has 2 aromatic rings. The van der Waals surface area contributed by atoms with Crippen LogP contribution in [0.3, 0.4) is 0 Å². The Morgan fingerprint density at radius 3 is 2.52 bits per heavy atom. The molecule has 4 rings (SSSR count). The van der Waals surface area contributed by atoms with Gasteiger partial charge in [-0.2, -0.15) is 0 Å². The number of carbonyl (C=O) groups excluding carboxylic acids is 1. The fourth-order valence-electron chi connectivity index (χ4n) is 5.98. The van der Waals surface area contributed by atoms with Crippen LogP contribution in [0.2, 0.25) is 0 Å². The summed E-state index contributed by atoms with van der Waals surface area (Å²) in [6.45, 7) is 6.50. The van der Waals surface area contributed by atoms with Crippen molar-refractivity contribution in [2.24, 2.45) is 0 Å². The smallest absolute Gasteiger partial charge is 0.223 e. The van der Waals surface area contributed by atoms with Gasteiger partial charge < -0.3 is 20.3 Å². The molecule has 9 heteroatoms. The van der Waals surface area contributed by atoms with Crippen molar-refractivity contribution in [1.82, 2.24) is 4.90 Å². The standard InChI is InChI=1S/C31H46N4O4S/c1-5-6-7-8-9-10-18-34-19-17-25(32-27-13-11-12-24-16-20-35(23(2)36)31(24)27)21-30(34)33-28-22-26(40(4,37)38)14-15-29(28)39-3/h11-15,22,25,30,32-33H,5-10,16-21H2,1-4H3. The predicted octanol–water partition coefficient (Wildman–Crippen LogP) is 5.68. The summed E-state index contributed by atoms with van der Waals surface area (Å²) in [7, 11) is -1.75. The van der Waals surface area contributed by atoms with Gasteiger partial charge in [0, 0.05) is 45.3 Å². The first-order valence-corrected chi connectivity index (χ1v) is 16.7. The maximum Gasteiger partial charge on any atom is 0.223 e. The van der Waals surface area contributed by atoms with Crippen LogP contribution in [-0.4, -0.2) is 64.4 Å². The molecule has 0 aromatic heterocycles. The molecule has 0 bridgehead atoms. The normalized spacial score (nSPS) is 19.4. The minimum atomic E-state index is -3.35. The largest absolute Gasteiger partial charge is 0.495 e. The number of amides is 1. The van der Waals surface area contributed by atoms with E-state index in [9.17, 15) is 13.2 Å². The maximum atomic E-state index is 12.3. The molecule has 2 atom stereocenters. The van der Waals surface area contributed by atoms with Crippen molar-refractivity contribution < 1.29 is 17.9 Å². The van der Waals surface area contributed by atoms with Crippen LogP contribution < -0.4 is 20.3 Å². The number of rotatable bonds is 13. The summed E-state index contributed by atoms with van der Waals surface area (Å²) in [5, 5.41) is 7.42. The lowest BCUT2D eigenvalue weighted by atomic mass is 9.99. The highest BCUT2D eigenvalue weighted by Crippen LogP contribution is 2.37. The Bertz CT molecular complexity index is 1270. The average Bonchev–Trinajstić information content (AvgIpc) is 3.37. The summed E-state index contributed by atoms with van der Waals surface area (Å²) in [5.41, 5.74) is 3.91. The minimum Gasteiger partial charge on any atom is -0.495 e. The van der Waals surface area contributed by atoms with E-state index < -0.39 is 9.84 Å². The van der Waals surface area contributed by atoms with Crippen LogP contribution in [0.15, 0.2) is 41.3 Å². The number of likely N-dealkylation sites (tertiary alicyclic amines) is 1. The molecule has 2 N–H and O–H groups in total. The van der Waals surface area contributed by atoms with Gasteiger partial charge in [0.05, 0.1) is 35.2 Å². The van der Waals surface area contributed by atoms with E-state index in [1.807, 2.05) is 4.90 Å². The highest BCUT2D eigenvalue weighted by atomic mass is 32.2. The van der Waals surface area contributed by atoms with Gasteiger partial charge in [-0.15, -0.1) is 0 Å². The number of sulfone groups is 1. The zero-order chi connectivity index (χ0) is 28.7. The molecular formula is C31H46N4O4S. The first kappa shape index (κ1) is 30.2. The van der Waals surface area contributed by atoms with Crippen LogP contribution in [0.1, 0.15) is 70.8 Å². The summed E-state index contributed by atoms with van der Waals surface area (Å²) in [5.74, 6) is 0.694. The van der Waals surface area contributed by atoms with Gasteiger partial charge in [0.1, 0.15) is 5.75 Å². The van der Waals surface area contributed by atoms with E-state index in [1.165, 1.54) is 43.9 Å². The topological polar surface area (TPSA) is 91.0 Å². The molecule has 1 amide bonds. The number of hydrogen-bond acceptors (Lipinski definition) is 7. The van der Waals surface area contributed by atoms with E-state index in [2.05, 4.69) is 40.7 Å². The van der Waals surface area contributed by atoms with Gasteiger partial charge in [0.2, 0.25) is 5.91 Å². The maximum absolute atomic E-state index is 12.3. The van der Waals surface area contributed by atoms with Crippen LogP contribution in [0.4, 0.5) is 17.1 Å². The number of nitrogens with one attached hydrogen (secondary N) is 2. The van der Waals surface area contributed by atoms with Crippen molar-refractivity contribution >= 4 is 32.8 Å². The number of benzene rings is 2. The third-order valence-electron chi connectivity index (χ3n) is 8.17. The van der Waals surface area contributed by atoms with E-state index in [0.717, 1.165) is 56.7 Å². The van der Waals surface area contributed by atoms with Gasteiger partial charge in [-0.05, 0) is 49.1 Å². The molecule has 40 heavy (non-hydrogen) atoms. The molecule has 1 fully saturated rings. The van der Waals surface area contributed by atoms with E-state index >= 15 is 0 Å². The zero-order valence-electron chi connectivity index (χ0n) is 24.5. The Labute approximate surface area is 240 Å². The molecule has 8 nitrogen and oxygen atoms in total. The lowest BCUT2D eigenvalue weighted by Crippen LogP contribution is -2.50. The quantitative estimate of drug-likeness (QED) is 0.299. The molecule has 0 radical (unpaired) electrons. The molecule has 2 aromatic carbocycles. The van der Waals surface area contributed by atoms with Gasteiger partial charge in [-0.25, -0.2) is 8.42 Å². The number of ether oxygens (including phenoxy) is 1. The molecule has 0 spiro atoms. The number of methoxy groups -OCH3 is 1. The van der Waals surface area contributed by atoms with Gasteiger partial charge in [0.25, 0.3) is 0 Å². The number of piperidine rings is 1. The summed E-state index contributed by atoms with van der Waals surface area (Å²) >= 11 is 0. The second-order valence-electron chi connectivity index (χ2n) is 11.2. The molecule has 1 saturated heterocycles. The van der Waals surface area contributed by atoms with Crippen molar-refractivity contribution in [3.05, 3.63) is 42.0 Å². The molecular weight excluding hydrogens is 524 g/mol. The summed E-state index contributed by atoms with van der Waals surface area (Å²) in [6.07, 6.45) is 11.4. The van der Waals surface area contributed by atoms with E-state index in [0.29, 0.717) is 11.4 Å². The van der Waals surface area contributed by atoms with Crippen molar-refractivity contribution in [2.75, 3.05) is 48.5 Å². The lowest BCUT2D eigenvalue weighted by Gasteiger charge is -2.41. The van der Waals surface area contributed by atoms with Crippen LogP contribution >= 0.6 is 0 Å². The Morgan fingerprint density at radius 1 is 1.02 bits per heavy atom. The summed E-state index contributed by atoms with van der Waals surface area (Å²) in [4.78, 5) is 17.0. The number of para-hydroxylation sites is 1. The number of unbranched alkanes of at least 4 members (excludes halogenated alkanes) is 5. The second-order valence-corrected chi connectivity index (χ2v) is 13.2. The summed E-state index contributed by atoms with van der Waals surface area (Å²) in [6, 6.07) is 11.4. The highest BCUT2D eigenvalue weighted by Gasteiger charge is 2.31. The molecule has 2 unspecified atom stereocenters. The lowest BCUT2D eigenvalue weighted by molar-refractivity contribution is -0.116. The summed E-state index contributed by atoms with van der Waals surface area (Å²) < 4.78 is 30.2. The molecule has 220 valence electrons. The zero-order valence-corrected chi connectivity index (χ0v) is 25.4. The fourth-order valence-corrected chi connectivity index (χ4v) is 6.62. The second kappa shape index (κ2) is 13.7.